The second-order valence-corrected chi connectivity index (χ2v) is 5.88. The first-order valence-corrected chi connectivity index (χ1v) is 6.97. The van der Waals surface area contributed by atoms with Crippen molar-refractivity contribution in [1.29, 1.82) is 0 Å². The molecule has 0 aliphatic rings. The summed E-state index contributed by atoms with van der Waals surface area (Å²) in [6.45, 7) is 5.67. The van der Waals surface area contributed by atoms with E-state index in [1.807, 2.05) is 0 Å². The quantitative estimate of drug-likeness (QED) is 0.255. The van der Waals surface area contributed by atoms with Crippen LogP contribution in [0.5, 0.6) is 0 Å². The first kappa shape index (κ1) is 17.4. The molecular weight excluding hydrogens is 273 g/mol. The molecule has 0 saturated carbocycles. The molecule has 21 heavy (non-hydrogen) atoms. The van der Waals surface area contributed by atoms with Gasteiger partial charge in [-0.25, -0.2) is 4.39 Å². The summed E-state index contributed by atoms with van der Waals surface area (Å²) in [5, 5.41) is 23.9. The van der Waals surface area contributed by atoms with Crippen LogP contribution in [0.25, 0.3) is 0 Å². The number of aliphatic hydroxyl groups excluding tert-OH is 1. The zero-order valence-corrected chi connectivity index (χ0v) is 12.6. The molecule has 0 bridgehead atoms. The number of aliphatic hydroxyl groups is 1. The Kier molecular flexibility index (Phi) is 6.58. The number of rotatable bonds is 8. The minimum absolute atomic E-state index is 0.0551. The Bertz CT molecular complexity index is 490. The molecule has 0 atom stereocenters. The average molecular weight is 297 g/mol. The van der Waals surface area contributed by atoms with Gasteiger partial charge in [-0.3, -0.25) is 0 Å². The summed E-state index contributed by atoms with van der Waals surface area (Å²) in [5.41, 5.74) is 6.78. The Hall–Kier alpha value is -1.66. The minimum Gasteiger partial charge on any atom is -0.409 e. The van der Waals surface area contributed by atoms with Gasteiger partial charge >= 0.3 is 0 Å². The monoisotopic (exact) mass is 297 g/mol. The first-order chi connectivity index (χ1) is 9.89. The van der Waals surface area contributed by atoms with Crippen molar-refractivity contribution in [2.24, 2.45) is 16.3 Å². The van der Waals surface area contributed by atoms with E-state index in [1.165, 1.54) is 12.1 Å². The number of nitrogens with one attached hydrogen (secondary N) is 1. The van der Waals surface area contributed by atoms with E-state index in [0.29, 0.717) is 12.1 Å². The smallest absolute Gasteiger partial charge is 0.170 e. The largest absolute Gasteiger partial charge is 0.409 e. The molecule has 1 aromatic rings. The number of hydrogen-bond donors (Lipinski definition) is 4. The van der Waals surface area contributed by atoms with Gasteiger partial charge in [0.25, 0.3) is 0 Å². The van der Waals surface area contributed by atoms with E-state index in [2.05, 4.69) is 24.3 Å². The number of benzene rings is 1. The summed E-state index contributed by atoms with van der Waals surface area (Å²) in [6, 6.07) is 4.22. The maximum Gasteiger partial charge on any atom is 0.170 e. The lowest BCUT2D eigenvalue weighted by Crippen LogP contribution is -2.30. The Morgan fingerprint density at radius 1 is 1.43 bits per heavy atom. The van der Waals surface area contributed by atoms with Crippen molar-refractivity contribution in [2.75, 3.05) is 13.2 Å². The van der Waals surface area contributed by atoms with Gasteiger partial charge < -0.3 is 21.4 Å². The normalized spacial score (nSPS) is 12.7. The molecule has 0 heterocycles. The molecule has 0 spiro atoms. The van der Waals surface area contributed by atoms with Crippen molar-refractivity contribution < 1.29 is 14.7 Å². The topological polar surface area (TPSA) is 90.9 Å². The molecule has 5 N–H and O–H groups in total. The van der Waals surface area contributed by atoms with Gasteiger partial charge in [0.05, 0.1) is 0 Å². The second-order valence-electron chi connectivity index (χ2n) is 5.88. The summed E-state index contributed by atoms with van der Waals surface area (Å²) in [4.78, 5) is 0. The molecule has 0 radical (unpaired) electrons. The van der Waals surface area contributed by atoms with Crippen LogP contribution < -0.4 is 11.1 Å². The van der Waals surface area contributed by atoms with E-state index in [4.69, 9.17) is 16.0 Å². The van der Waals surface area contributed by atoms with Crippen LogP contribution in [0.1, 0.15) is 37.8 Å². The van der Waals surface area contributed by atoms with Crippen LogP contribution in [0, 0.1) is 11.2 Å². The molecule has 0 unspecified atom stereocenters. The third kappa shape index (κ3) is 5.69. The van der Waals surface area contributed by atoms with Crippen LogP contribution in [-0.4, -0.2) is 29.3 Å². The molecular formula is C15H24FN3O2. The van der Waals surface area contributed by atoms with Gasteiger partial charge in [-0.2, -0.15) is 0 Å². The van der Waals surface area contributed by atoms with E-state index in [1.54, 1.807) is 6.07 Å². The van der Waals surface area contributed by atoms with E-state index in [0.717, 1.165) is 24.9 Å². The number of oxime groups is 1. The number of nitrogens with two attached hydrogens (primary N) is 1. The second kappa shape index (κ2) is 7.95. The summed E-state index contributed by atoms with van der Waals surface area (Å²) < 4.78 is 13.3. The Morgan fingerprint density at radius 3 is 2.76 bits per heavy atom. The maximum absolute atomic E-state index is 13.3. The van der Waals surface area contributed by atoms with Gasteiger partial charge in [0.15, 0.2) is 5.84 Å². The van der Waals surface area contributed by atoms with Gasteiger partial charge in [-0.15, -0.1) is 0 Å². The van der Waals surface area contributed by atoms with Crippen molar-refractivity contribution in [3.8, 4) is 0 Å². The van der Waals surface area contributed by atoms with E-state index >= 15 is 0 Å². The lowest BCUT2D eigenvalue weighted by atomic mass is 9.88. The van der Waals surface area contributed by atoms with Crippen LogP contribution in [0.2, 0.25) is 0 Å². The summed E-state index contributed by atoms with van der Waals surface area (Å²) in [6.07, 6.45) is 1.67. The van der Waals surface area contributed by atoms with E-state index in [9.17, 15) is 4.39 Å². The molecule has 1 rings (SSSR count). The first-order valence-electron chi connectivity index (χ1n) is 6.97. The van der Waals surface area contributed by atoms with Crippen molar-refractivity contribution >= 4 is 5.84 Å². The highest BCUT2D eigenvalue weighted by Crippen LogP contribution is 2.21. The lowest BCUT2D eigenvalue weighted by Gasteiger charge is -2.25. The van der Waals surface area contributed by atoms with Crippen LogP contribution in [-0.2, 0) is 6.54 Å². The van der Waals surface area contributed by atoms with Gasteiger partial charge in [0.1, 0.15) is 5.82 Å². The average Bonchev–Trinajstić information content (AvgIpc) is 2.45. The summed E-state index contributed by atoms with van der Waals surface area (Å²) in [5.74, 6) is -0.533. The summed E-state index contributed by atoms with van der Waals surface area (Å²) in [7, 11) is 0. The minimum atomic E-state index is -0.427. The van der Waals surface area contributed by atoms with Crippen molar-refractivity contribution in [2.45, 2.75) is 33.2 Å². The third-order valence-electron chi connectivity index (χ3n) is 3.39. The molecule has 0 saturated heterocycles. The number of amidine groups is 1. The van der Waals surface area contributed by atoms with E-state index in [-0.39, 0.29) is 17.9 Å². The Balaban J connectivity index is 2.67. The van der Waals surface area contributed by atoms with Crippen molar-refractivity contribution in [1.82, 2.24) is 5.32 Å². The van der Waals surface area contributed by atoms with Crippen molar-refractivity contribution in [3.63, 3.8) is 0 Å². The predicted molar refractivity (Wildman–Crippen MR) is 80.7 cm³/mol. The molecule has 0 fully saturated rings. The fourth-order valence-corrected chi connectivity index (χ4v) is 2.18. The predicted octanol–water partition coefficient (Wildman–Crippen LogP) is 1.81. The molecule has 5 nitrogen and oxygen atoms in total. The lowest BCUT2D eigenvalue weighted by molar-refractivity contribution is 0.236. The maximum atomic E-state index is 13.3. The van der Waals surface area contributed by atoms with Crippen LogP contribution in [0.15, 0.2) is 23.4 Å². The van der Waals surface area contributed by atoms with Crippen LogP contribution >= 0.6 is 0 Å². The van der Waals surface area contributed by atoms with Gasteiger partial charge in [0.2, 0.25) is 0 Å². The fourth-order valence-electron chi connectivity index (χ4n) is 2.18. The Morgan fingerprint density at radius 2 is 2.14 bits per heavy atom. The highest BCUT2D eigenvalue weighted by Gasteiger charge is 2.17. The highest BCUT2D eigenvalue weighted by atomic mass is 19.1. The SMILES string of the molecule is CC(C)(CCCO)CNCc1ccc(F)cc1/C(N)=N/O. The fraction of sp³-hybridized carbons (Fsp3) is 0.533. The number of hydrogen-bond acceptors (Lipinski definition) is 4. The van der Waals surface area contributed by atoms with Gasteiger partial charge in [-0.1, -0.05) is 25.1 Å². The molecule has 0 aromatic heterocycles. The molecule has 1 aromatic carbocycles. The standard InChI is InChI=1S/C15H24FN3O2/c1-15(2,6-3-7-20)10-18-9-11-4-5-12(16)8-13(11)14(17)19-21/h4-5,8,18,20-21H,3,6-7,9-10H2,1-2H3,(H2,17,19). The molecule has 118 valence electrons. The zero-order chi connectivity index (χ0) is 15.9. The van der Waals surface area contributed by atoms with Gasteiger partial charge in [0, 0.05) is 25.3 Å². The van der Waals surface area contributed by atoms with Crippen LogP contribution in [0.3, 0.4) is 0 Å². The third-order valence-corrected chi connectivity index (χ3v) is 3.39. The van der Waals surface area contributed by atoms with Gasteiger partial charge in [-0.05, 0) is 36.0 Å². The molecule has 0 aliphatic heterocycles. The number of halogens is 1. The zero-order valence-electron chi connectivity index (χ0n) is 12.6. The molecule has 6 heteroatoms. The van der Waals surface area contributed by atoms with Crippen LogP contribution in [0.4, 0.5) is 4.39 Å². The highest BCUT2D eigenvalue weighted by molar-refractivity contribution is 5.98. The molecule has 0 aliphatic carbocycles. The van der Waals surface area contributed by atoms with E-state index < -0.39 is 5.82 Å². The summed E-state index contributed by atoms with van der Waals surface area (Å²) >= 11 is 0. The Labute approximate surface area is 124 Å². The number of nitrogens with zero attached hydrogens (tertiary/aromatic N) is 1. The van der Waals surface area contributed by atoms with Crippen molar-refractivity contribution in [3.05, 3.63) is 35.1 Å². The molecule has 0 amide bonds.